The van der Waals surface area contributed by atoms with E-state index in [1.807, 2.05) is 30.3 Å². The number of hydrogen-bond donors (Lipinski definition) is 1. The number of rotatable bonds is 8. The smallest absolute Gasteiger partial charge is 0.249 e. The van der Waals surface area contributed by atoms with E-state index in [-0.39, 0.29) is 5.91 Å². The Balaban J connectivity index is 1.88. The van der Waals surface area contributed by atoms with Gasteiger partial charge in [-0.1, -0.05) is 30.3 Å². The molecule has 1 aromatic heterocycles. The molecule has 0 aliphatic heterocycles. The Morgan fingerprint density at radius 1 is 1.07 bits per heavy atom. The van der Waals surface area contributed by atoms with E-state index in [2.05, 4.69) is 20.8 Å². The van der Waals surface area contributed by atoms with Crippen LogP contribution in [0.15, 0.2) is 48.8 Å². The number of benzene rings is 2. The first-order valence-electron chi connectivity index (χ1n) is 8.53. The van der Waals surface area contributed by atoms with Gasteiger partial charge in [0.05, 0.1) is 21.3 Å². The number of carbonyl (C=O) groups is 1. The first kappa shape index (κ1) is 19.2. The summed E-state index contributed by atoms with van der Waals surface area (Å²) in [5.41, 5.74) is 1.49. The van der Waals surface area contributed by atoms with E-state index in [1.165, 1.54) is 32.3 Å². The van der Waals surface area contributed by atoms with Crippen LogP contribution in [-0.2, 0) is 11.2 Å². The highest BCUT2D eigenvalue weighted by Crippen LogP contribution is 2.40. The van der Waals surface area contributed by atoms with Gasteiger partial charge in [0.2, 0.25) is 11.7 Å². The fourth-order valence-electron chi connectivity index (χ4n) is 2.83. The number of anilines is 1. The summed E-state index contributed by atoms with van der Waals surface area (Å²) in [6.45, 7) is 0. The Morgan fingerprint density at radius 2 is 1.75 bits per heavy atom. The number of amides is 1. The van der Waals surface area contributed by atoms with E-state index < -0.39 is 6.04 Å². The number of tetrazole rings is 1. The summed E-state index contributed by atoms with van der Waals surface area (Å²) in [5, 5.41) is 14.1. The lowest BCUT2D eigenvalue weighted by Gasteiger charge is -2.18. The van der Waals surface area contributed by atoms with Gasteiger partial charge in [0.25, 0.3) is 0 Å². The van der Waals surface area contributed by atoms with E-state index in [9.17, 15) is 4.79 Å². The molecule has 0 radical (unpaired) electrons. The van der Waals surface area contributed by atoms with Crippen molar-refractivity contribution in [2.45, 2.75) is 12.5 Å². The van der Waals surface area contributed by atoms with Crippen molar-refractivity contribution in [2.24, 2.45) is 0 Å². The van der Waals surface area contributed by atoms with Crippen LogP contribution in [0, 0.1) is 0 Å². The van der Waals surface area contributed by atoms with Crippen LogP contribution in [0.5, 0.6) is 17.2 Å². The maximum atomic E-state index is 13.0. The average Bonchev–Trinajstić information content (AvgIpc) is 3.26. The molecule has 2 aromatic carbocycles. The maximum absolute atomic E-state index is 13.0. The van der Waals surface area contributed by atoms with E-state index >= 15 is 0 Å². The zero-order valence-electron chi connectivity index (χ0n) is 15.8. The minimum atomic E-state index is -0.628. The fourth-order valence-corrected chi connectivity index (χ4v) is 2.83. The number of carbonyl (C=O) groups excluding carboxylic acids is 1. The van der Waals surface area contributed by atoms with Crippen molar-refractivity contribution in [2.75, 3.05) is 26.6 Å². The van der Waals surface area contributed by atoms with Gasteiger partial charge >= 0.3 is 0 Å². The Morgan fingerprint density at radius 3 is 2.29 bits per heavy atom. The number of nitrogens with one attached hydrogen (secondary N) is 1. The standard InChI is InChI=1S/C19H21N5O4/c1-26-16-10-14(11-17(27-2)18(16)28-3)21-19(25)15(24-12-20-22-23-24)9-13-7-5-4-6-8-13/h4-8,10-12,15H,9H2,1-3H3,(H,21,25)/t15-/m0/s1. The zero-order chi connectivity index (χ0) is 19.9. The van der Waals surface area contributed by atoms with Gasteiger partial charge in [0.15, 0.2) is 11.5 Å². The van der Waals surface area contributed by atoms with Crippen molar-refractivity contribution in [1.29, 1.82) is 0 Å². The van der Waals surface area contributed by atoms with Gasteiger partial charge in [-0.2, -0.15) is 0 Å². The molecule has 1 heterocycles. The van der Waals surface area contributed by atoms with Crippen LogP contribution >= 0.6 is 0 Å². The summed E-state index contributed by atoms with van der Waals surface area (Å²) in [6, 6.07) is 12.4. The van der Waals surface area contributed by atoms with Crippen molar-refractivity contribution < 1.29 is 19.0 Å². The molecule has 3 aromatic rings. The topological polar surface area (TPSA) is 100 Å². The highest BCUT2D eigenvalue weighted by Gasteiger charge is 2.23. The van der Waals surface area contributed by atoms with Crippen LogP contribution < -0.4 is 19.5 Å². The molecule has 9 nitrogen and oxygen atoms in total. The molecule has 1 atom stereocenters. The lowest BCUT2D eigenvalue weighted by Crippen LogP contribution is -2.28. The van der Waals surface area contributed by atoms with Crippen LogP contribution in [0.2, 0.25) is 0 Å². The summed E-state index contributed by atoms with van der Waals surface area (Å²) in [4.78, 5) is 13.0. The molecule has 0 aliphatic carbocycles. The Hall–Kier alpha value is -3.62. The number of ether oxygens (including phenoxy) is 3. The first-order chi connectivity index (χ1) is 13.7. The molecule has 0 spiro atoms. The molecule has 3 rings (SSSR count). The summed E-state index contributed by atoms with van der Waals surface area (Å²) in [7, 11) is 4.55. The van der Waals surface area contributed by atoms with E-state index in [4.69, 9.17) is 14.2 Å². The molecular weight excluding hydrogens is 362 g/mol. The van der Waals surface area contributed by atoms with Gasteiger partial charge in [-0.3, -0.25) is 4.79 Å². The largest absolute Gasteiger partial charge is 0.493 e. The first-order valence-corrected chi connectivity index (χ1v) is 8.53. The summed E-state index contributed by atoms with van der Waals surface area (Å²) >= 11 is 0. The Labute approximate surface area is 162 Å². The van der Waals surface area contributed by atoms with Crippen molar-refractivity contribution in [3.63, 3.8) is 0 Å². The summed E-state index contributed by atoms with van der Waals surface area (Å²) in [6.07, 6.45) is 1.85. The third-order valence-corrected chi connectivity index (χ3v) is 4.19. The monoisotopic (exact) mass is 383 g/mol. The predicted molar refractivity (Wildman–Crippen MR) is 102 cm³/mol. The molecule has 0 saturated heterocycles. The normalized spacial score (nSPS) is 11.5. The molecule has 0 fully saturated rings. The SMILES string of the molecule is COc1cc(NC(=O)[C@H](Cc2ccccc2)n2cnnn2)cc(OC)c1OC. The summed E-state index contributed by atoms with van der Waals surface area (Å²) in [5.74, 6) is 1.06. The van der Waals surface area contributed by atoms with E-state index in [1.54, 1.807) is 12.1 Å². The molecule has 146 valence electrons. The summed E-state index contributed by atoms with van der Waals surface area (Å²) < 4.78 is 17.4. The third kappa shape index (κ3) is 4.20. The average molecular weight is 383 g/mol. The number of aromatic nitrogens is 4. The van der Waals surface area contributed by atoms with Gasteiger partial charge in [0.1, 0.15) is 12.4 Å². The number of nitrogens with zero attached hydrogens (tertiary/aromatic N) is 4. The van der Waals surface area contributed by atoms with Crippen molar-refractivity contribution in [3.8, 4) is 17.2 Å². The van der Waals surface area contributed by atoms with Gasteiger partial charge in [-0.15, -0.1) is 5.10 Å². The lowest BCUT2D eigenvalue weighted by molar-refractivity contribution is -0.119. The lowest BCUT2D eigenvalue weighted by atomic mass is 10.1. The van der Waals surface area contributed by atoms with E-state index in [0.29, 0.717) is 29.4 Å². The van der Waals surface area contributed by atoms with Crippen molar-refractivity contribution in [3.05, 3.63) is 54.4 Å². The molecule has 28 heavy (non-hydrogen) atoms. The van der Waals surface area contributed by atoms with Crippen LogP contribution in [0.4, 0.5) is 5.69 Å². The molecular formula is C19H21N5O4. The number of hydrogen-bond acceptors (Lipinski definition) is 7. The second-order valence-corrected chi connectivity index (χ2v) is 5.90. The Bertz CT molecular complexity index is 890. The van der Waals surface area contributed by atoms with Gasteiger partial charge in [0, 0.05) is 24.2 Å². The van der Waals surface area contributed by atoms with Gasteiger partial charge < -0.3 is 19.5 Å². The predicted octanol–water partition coefficient (Wildman–Crippen LogP) is 2.12. The highest BCUT2D eigenvalue weighted by molar-refractivity contribution is 5.94. The minimum absolute atomic E-state index is 0.273. The minimum Gasteiger partial charge on any atom is -0.493 e. The van der Waals surface area contributed by atoms with Crippen molar-refractivity contribution >= 4 is 11.6 Å². The molecule has 0 aliphatic rings. The molecule has 1 amide bonds. The molecule has 0 unspecified atom stereocenters. The highest BCUT2D eigenvalue weighted by atomic mass is 16.5. The fraction of sp³-hybridized carbons (Fsp3) is 0.263. The third-order valence-electron chi connectivity index (χ3n) is 4.19. The number of methoxy groups -OCH3 is 3. The molecule has 9 heteroatoms. The van der Waals surface area contributed by atoms with Crippen LogP contribution in [0.25, 0.3) is 0 Å². The van der Waals surface area contributed by atoms with Gasteiger partial charge in [-0.05, 0) is 16.0 Å². The van der Waals surface area contributed by atoms with Gasteiger partial charge in [-0.25, -0.2) is 4.68 Å². The van der Waals surface area contributed by atoms with Crippen LogP contribution in [0.1, 0.15) is 11.6 Å². The molecule has 0 bridgehead atoms. The van der Waals surface area contributed by atoms with Crippen molar-refractivity contribution in [1.82, 2.24) is 20.2 Å². The van der Waals surface area contributed by atoms with Crippen LogP contribution in [-0.4, -0.2) is 47.4 Å². The molecule has 0 saturated carbocycles. The van der Waals surface area contributed by atoms with Crippen LogP contribution in [0.3, 0.4) is 0 Å². The second kappa shape index (κ2) is 8.85. The second-order valence-electron chi connectivity index (χ2n) is 5.90. The zero-order valence-corrected chi connectivity index (χ0v) is 15.8. The molecule has 1 N–H and O–H groups in total. The maximum Gasteiger partial charge on any atom is 0.249 e. The quantitative estimate of drug-likeness (QED) is 0.636. The Kier molecular flexibility index (Phi) is 6.05. The van der Waals surface area contributed by atoms with E-state index in [0.717, 1.165) is 5.56 Å².